The lowest BCUT2D eigenvalue weighted by Crippen LogP contribution is -2.54. The number of hydrogen-bond donors (Lipinski definition) is 2. The summed E-state index contributed by atoms with van der Waals surface area (Å²) in [5.41, 5.74) is 2.82. The van der Waals surface area contributed by atoms with E-state index in [0.717, 1.165) is 16.0 Å². The molecular weight excluding hydrogens is 557 g/mol. The quantitative estimate of drug-likeness (QED) is 0.261. The number of ether oxygens (including phenoxy) is 2. The van der Waals surface area contributed by atoms with E-state index in [9.17, 15) is 19.2 Å². The van der Waals surface area contributed by atoms with Crippen LogP contribution < -0.4 is 25.0 Å². The number of carbonyl (C=O) groups is 4. The molecule has 1 heterocycles. The number of imide groups is 2. The smallest absolute Gasteiger partial charge is 0.335 e. The highest BCUT2D eigenvalue weighted by Gasteiger charge is 2.37. The van der Waals surface area contributed by atoms with Crippen molar-refractivity contribution < 1.29 is 28.7 Å². The van der Waals surface area contributed by atoms with Crippen LogP contribution >= 0.6 is 23.2 Å². The molecule has 0 bridgehead atoms. The Kier molecular flexibility index (Phi) is 8.77. The third-order valence-electron chi connectivity index (χ3n) is 5.85. The molecule has 0 aliphatic carbocycles. The number of halogens is 2. The molecule has 1 aliphatic heterocycles. The molecule has 0 aromatic heterocycles. The van der Waals surface area contributed by atoms with Crippen molar-refractivity contribution in [2.24, 2.45) is 0 Å². The van der Waals surface area contributed by atoms with Crippen molar-refractivity contribution in [3.8, 4) is 11.5 Å². The molecule has 206 valence electrons. The molecule has 3 aromatic carbocycles. The molecule has 1 aliphatic rings. The van der Waals surface area contributed by atoms with Gasteiger partial charge in [-0.05, 0) is 86.0 Å². The maximum Gasteiger partial charge on any atom is 0.335 e. The van der Waals surface area contributed by atoms with Gasteiger partial charge < -0.3 is 14.8 Å². The molecule has 1 saturated heterocycles. The number of amides is 5. The molecule has 0 radical (unpaired) electrons. The van der Waals surface area contributed by atoms with Crippen LogP contribution in [0.4, 0.5) is 16.2 Å². The largest absolute Gasteiger partial charge is 0.494 e. The topological polar surface area (TPSA) is 114 Å². The zero-order chi connectivity index (χ0) is 29.0. The number of aryl methyl sites for hydroxylation is 2. The van der Waals surface area contributed by atoms with Crippen LogP contribution in [0, 0.1) is 13.8 Å². The SMILES string of the molecule is CCOc1ccc(N2C(=O)NC(=O)/C(=C\c3cc(Cl)c(OCC(=O)Nc4cc(C)ccc4C)c(Cl)c3)C2=O)cc1. The van der Waals surface area contributed by atoms with Crippen molar-refractivity contribution in [3.63, 3.8) is 0 Å². The Morgan fingerprint density at radius 2 is 1.65 bits per heavy atom. The van der Waals surface area contributed by atoms with Crippen LogP contribution in [0.3, 0.4) is 0 Å². The normalized spacial score (nSPS) is 14.3. The van der Waals surface area contributed by atoms with E-state index in [1.54, 1.807) is 12.1 Å². The summed E-state index contributed by atoms with van der Waals surface area (Å²) in [4.78, 5) is 51.5. The van der Waals surface area contributed by atoms with E-state index < -0.39 is 23.8 Å². The number of benzene rings is 3. The highest BCUT2D eigenvalue weighted by Crippen LogP contribution is 2.35. The van der Waals surface area contributed by atoms with Gasteiger partial charge in [-0.3, -0.25) is 19.7 Å². The fourth-order valence-corrected chi connectivity index (χ4v) is 4.53. The molecule has 9 nitrogen and oxygen atoms in total. The second-order valence-corrected chi connectivity index (χ2v) is 9.67. The Labute approximate surface area is 240 Å². The number of rotatable bonds is 8. The van der Waals surface area contributed by atoms with Crippen molar-refractivity contribution in [3.05, 3.63) is 86.9 Å². The van der Waals surface area contributed by atoms with Crippen LogP contribution in [0.25, 0.3) is 6.08 Å². The van der Waals surface area contributed by atoms with Crippen LogP contribution in [0.15, 0.2) is 60.2 Å². The number of barbiturate groups is 1. The first-order chi connectivity index (χ1) is 19.1. The predicted molar refractivity (Wildman–Crippen MR) is 153 cm³/mol. The molecule has 4 rings (SSSR count). The third-order valence-corrected chi connectivity index (χ3v) is 6.42. The molecule has 1 fully saturated rings. The summed E-state index contributed by atoms with van der Waals surface area (Å²) in [6.07, 6.45) is 1.26. The molecule has 2 N–H and O–H groups in total. The highest BCUT2D eigenvalue weighted by molar-refractivity contribution is 6.40. The molecule has 11 heteroatoms. The molecule has 0 saturated carbocycles. The maximum absolute atomic E-state index is 13.2. The summed E-state index contributed by atoms with van der Waals surface area (Å²) in [5.74, 6) is -1.47. The van der Waals surface area contributed by atoms with Crippen LogP contribution in [0.2, 0.25) is 10.0 Å². The zero-order valence-electron chi connectivity index (χ0n) is 21.8. The third kappa shape index (κ3) is 6.44. The fourth-order valence-electron chi connectivity index (χ4n) is 3.91. The van der Waals surface area contributed by atoms with Gasteiger partial charge in [0.25, 0.3) is 17.7 Å². The van der Waals surface area contributed by atoms with Crippen molar-refractivity contribution >= 4 is 64.4 Å². The summed E-state index contributed by atoms with van der Waals surface area (Å²) < 4.78 is 11.0. The maximum atomic E-state index is 13.2. The van der Waals surface area contributed by atoms with Gasteiger partial charge in [0.1, 0.15) is 11.3 Å². The van der Waals surface area contributed by atoms with Gasteiger partial charge in [-0.1, -0.05) is 35.3 Å². The first-order valence-corrected chi connectivity index (χ1v) is 13.0. The van der Waals surface area contributed by atoms with E-state index >= 15 is 0 Å². The minimum atomic E-state index is -0.879. The van der Waals surface area contributed by atoms with Crippen molar-refractivity contribution in [2.75, 3.05) is 23.4 Å². The standard InChI is InChI=1S/C29H25Cl2N3O6/c1-4-39-20-9-7-19(8-10-20)34-28(37)21(27(36)33-29(34)38)12-18-13-22(30)26(23(31)14-18)40-15-25(35)32-24-11-16(2)5-6-17(24)3/h5-14H,4,15H2,1-3H3,(H,32,35)(H,33,36,38)/b21-12+. The Balaban J connectivity index is 1.51. The van der Waals surface area contributed by atoms with Crippen LogP contribution in [-0.2, 0) is 14.4 Å². The monoisotopic (exact) mass is 581 g/mol. The average Bonchev–Trinajstić information content (AvgIpc) is 2.89. The number of anilines is 2. The van der Waals surface area contributed by atoms with E-state index in [4.69, 9.17) is 32.7 Å². The van der Waals surface area contributed by atoms with Gasteiger partial charge in [0.05, 0.1) is 22.3 Å². The zero-order valence-corrected chi connectivity index (χ0v) is 23.4. The fraction of sp³-hybridized carbons (Fsp3) is 0.172. The van der Waals surface area contributed by atoms with E-state index in [1.807, 2.05) is 39.0 Å². The lowest BCUT2D eigenvalue weighted by molar-refractivity contribution is -0.122. The average molecular weight is 582 g/mol. The Morgan fingerprint density at radius 3 is 2.30 bits per heavy atom. The first kappa shape index (κ1) is 28.7. The number of hydrogen-bond acceptors (Lipinski definition) is 6. The number of carbonyl (C=O) groups excluding carboxylic acids is 4. The lowest BCUT2D eigenvalue weighted by Gasteiger charge is -2.26. The summed E-state index contributed by atoms with van der Waals surface area (Å²) in [7, 11) is 0. The number of nitrogens with one attached hydrogen (secondary N) is 2. The molecule has 3 aromatic rings. The van der Waals surface area contributed by atoms with E-state index in [0.29, 0.717) is 23.6 Å². The second-order valence-electron chi connectivity index (χ2n) is 8.85. The van der Waals surface area contributed by atoms with Gasteiger partial charge in [-0.2, -0.15) is 0 Å². The first-order valence-electron chi connectivity index (χ1n) is 12.2. The minimum absolute atomic E-state index is 0.0574. The van der Waals surface area contributed by atoms with Gasteiger partial charge in [0.15, 0.2) is 12.4 Å². The summed E-state index contributed by atoms with van der Waals surface area (Å²) in [6.45, 7) is 5.73. The predicted octanol–water partition coefficient (Wildman–Crippen LogP) is 5.69. The van der Waals surface area contributed by atoms with Crippen molar-refractivity contribution in [2.45, 2.75) is 20.8 Å². The molecular formula is C29H25Cl2N3O6. The number of nitrogens with zero attached hydrogens (tertiary/aromatic N) is 1. The van der Waals surface area contributed by atoms with Crippen molar-refractivity contribution in [1.29, 1.82) is 0 Å². The van der Waals surface area contributed by atoms with Crippen LogP contribution in [0.5, 0.6) is 11.5 Å². The Bertz CT molecular complexity index is 1510. The van der Waals surface area contributed by atoms with E-state index in [1.165, 1.54) is 30.3 Å². The lowest BCUT2D eigenvalue weighted by atomic mass is 10.1. The van der Waals surface area contributed by atoms with Gasteiger partial charge >= 0.3 is 6.03 Å². The van der Waals surface area contributed by atoms with Gasteiger partial charge in [-0.15, -0.1) is 0 Å². The number of urea groups is 1. The summed E-state index contributed by atoms with van der Waals surface area (Å²) in [6, 6.07) is 14.0. The van der Waals surface area contributed by atoms with Crippen LogP contribution in [0.1, 0.15) is 23.6 Å². The molecule has 40 heavy (non-hydrogen) atoms. The van der Waals surface area contributed by atoms with Crippen LogP contribution in [-0.4, -0.2) is 37.0 Å². The summed E-state index contributed by atoms with van der Waals surface area (Å²) >= 11 is 12.7. The van der Waals surface area contributed by atoms with Gasteiger partial charge in [0, 0.05) is 5.69 Å². The Hall–Kier alpha value is -4.34. The molecule has 0 spiro atoms. The molecule has 0 atom stereocenters. The van der Waals surface area contributed by atoms with E-state index in [2.05, 4.69) is 10.6 Å². The van der Waals surface area contributed by atoms with Gasteiger partial charge in [0.2, 0.25) is 0 Å². The Morgan fingerprint density at radius 1 is 0.975 bits per heavy atom. The van der Waals surface area contributed by atoms with E-state index in [-0.39, 0.29) is 33.7 Å². The second kappa shape index (κ2) is 12.2. The van der Waals surface area contributed by atoms with Crippen molar-refractivity contribution in [1.82, 2.24) is 5.32 Å². The minimum Gasteiger partial charge on any atom is -0.494 e. The molecule has 5 amide bonds. The highest BCUT2D eigenvalue weighted by atomic mass is 35.5. The van der Waals surface area contributed by atoms with Gasteiger partial charge in [-0.25, -0.2) is 9.69 Å². The molecule has 0 unspecified atom stereocenters. The summed E-state index contributed by atoms with van der Waals surface area (Å²) in [5, 5.41) is 5.06.